The molecule has 0 saturated heterocycles. The Bertz CT molecular complexity index is 695. The zero-order valence-corrected chi connectivity index (χ0v) is 15.5. The second-order valence-corrected chi connectivity index (χ2v) is 6.24. The molecule has 2 aromatic rings. The van der Waals surface area contributed by atoms with Gasteiger partial charge in [-0.05, 0) is 61.1 Å². The third-order valence-corrected chi connectivity index (χ3v) is 4.64. The summed E-state index contributed by atoms with van der Waals surface area (Å²) >= 11 is 6.15. The van der Waals surface area contributed by atoms with Gasteiger partial charge in [0.1, 0.15) is 5.75 Å². The minimum atomic E-state index is -0.157. The number of benzene rings is 2. The number of anilines is 1. The van der Waals surface area contributed by atoms with E-state index in [2.05, 4.69) is 19.2 Å². The van der Waals surface area contributed by atoms with Crippen molar-refractivity contribution in [3.63, 3.8) is 0 Å². The number of amides is 1. The van der Waals surface area contributed by atoms with Gasteiger partial charge in [0.2, 0.25) is 0 Å². The van der Waals surface area contributed by atoms with Crippen LogP contribution in [0, 0.1) is 13.8 Å². The van der Waals surface area contributed by atoms with Crippen LogP contribution in [-0.2, 0) is 17.6 Å². The fraction of sp³-hybridized carbons (Fsp3) is 0.350. The molecule has 0 aliphatic carbocycles. The molecule has 0 spiro atoms. The van der Waals surface area contributed by atoms with Gasteiger partial charge < -0.3 is 10.1 Å². The predicted molar refractivity (Wildman–Crippen MR) is 100 cm³/mol. The molecule has 0 aliphatic heterocycles. The first kappa shape index (κ1) is 18.3. The normalized spacial score (nSPS) is 10.5. The van der Waals surface area contributed by atoms with Crippen molar-refractivity contribution in [2.24, 2.45) is 0 Å². The van der Waals surface area contributed by atoms with Crippen LogP contribution in [0.5, 0.6) is 5.75 Å². The van der Waals surface area contributed by atoms with E-state index in [1.54, 1.807) is 0 Å². The predicted octanol–water partition coefficient (Wildman–Crippen LogP) is 5.10. The van der Waals surface area contributed by atoms with E-state index >= 15 is 0 Å². The van der Waals surface area contributed by atoms with Crippen LogP contribution in [0.4, 0.5) is 5.69 Å². The molecule has 0 aliphatic rings. The summed E-state index contributed by atoms with van der Waals surface area (Å²) in [6.07, 6.45) is 1.75. The molecular formula is C20H24ClNO2. The van der Waals surface area contributed by atoms with Gasteiger partial charge in [0, 0.05) is 10.7 Å². The number of aryl methyl sites for hydroxylation is 4. The number of para-hydroxylation sites is 1. The van der Waals surface area contributed by atoms with Crippen molar-refractivity contribution in [3.8, 4) is 5.75 Å². The summed E-state index contributed by atoms with van der Waals surface area (Å²) in [6.45, 7) is 7.99. The Balaban J connectivity index is 2.07. The third-order valence-electron chi connectivity index (χ3n) is 4.04. The summed E-state index contributed by atoms with van der Waals surface area (Å²) in [4.78, 5) is 12.3. The van der Waals surface area contributed by atoms with E-state index in [1.165, 1.54) is 0 Å². The van der Waals surface area contributed by atoms with Crippen LogP contribution in [0.1, 0.15) is 36.1 Å². The van der Waals surface area contributed by atoms with E-state index < -0.39 is 0 Å². The molecule has 1 amide bonds. The Morgan fingerprint density at radius 3 is 2.12 bits per heavy atom. The number of rotatable bonds is 6. The summed E-state index contributed by atoms with van der Waals surface area (Å²) in [5.41, 5.74) is 5.08. The molecule has 2 rings (SSSR count). The largest absolute Gasteiger partial charge is 0.484 e. The molecule has 0 fully saturated rings. The van der Waals surface area contributed by atoms with Crippen LogP contribution < -0.4 is 10.1 Å². The number of hydrogen-bond acceptors (Lipinski definition) is 2. The maximum absolute atomic E-state index is 12.3. The van der Waals surface area contributed by atoms with Crippen molar-refractivity contribution in [1.82, 2.24) is 0 Å². The number of ether oxygens (including phenoxy) is 1. The average Bonchev–Trinajstić information content (AvgIpc) is 2.57. The Labute approximate surface area is 149 Å². The fourth-order valence-electron chi connectivity index (χ4n) is 2.72. The second-order valence-electron chi connectivity index (χ2n) is 5.87. The van der Waals surface area contributed by atoms with Crippen LogP contribution in [0.2, 0.25) is 5.02 Å². The van der Waals surface area contributed by atoms with Crippen molar-refractivity contribution in [2.45, 2.75) is 40.5 Å². The van der Waals surface area contributed by atoms with Crippen molar-refractivity contribution >= 4 is 23.2 Å². The first-order valence-corrected chi connectivity index (χ1v) is 8.64. The van der Waals surface area contributed by atoms with Gasteiger partial charge in [0.15, 0.2) is 6.61 Å². The van der Waals surface area contributed by atoms with Crippen molar-refractivity contribution in [1.29, 1.82) is 0 Å². The first-order chi connectivity index (χ1) is 11.5. The highest BCUT2D eigenvalue weighted by atomic mass is 35.5. The Morgan fingerprint density at radius 1 is 1.08 bits per heavy atom. The van der Waals surface area contributed by atoms with Crippen LogP contribution in [0.25, 0.3) is 0 Å². The van der Waals surface area contributed by atoms with E-state index in [-0.39, 0.29) is 12.5 Å². The van der Waals surface area contributed by atoms with E-state index in [1.807, 2.05) is 44.2 Å². The standard InChI is InChI=1S/C20H24ClNO2/c1-5-15-8-7-9-16(6-2)20(15)22-18(23)12-24-17-10-13(3)19(21)14(4)11-17/h7-11H,5-6,12H2,1-4H3,(H,22,23). The maximum atomic E-state index is 12.3. The van der Waals surface area contributed by atoms with Crippen molar-refractivity contribution in [2.75, 3.05) is 11.9 Å². The van der Waals surface area contributed by atoms with Crippen LogP contribution >= 0.6 is 11.6 Å². The van der Waals surface area contributed by atoms with Crippen LogP contribution in [0.3, 0.4) is 0 Å². The van der Waals surface area contributed by atoms with Gasteiger partial charge >= 0.3 is 0 Å². The fourth-order valence-corrected chi connectivity index (χ4v) is 2.83. The molecule has 0 aromatic heterocycles. The van der Waals surface area contributed by atoms with Crippen molar-refractivity contribution in [3.05, 3.63) is 57.6 Å². The minimum absolute atomic E-state index is 0.0261. The number of carbonyl (C=O) groups is 1. The summed E-state index contributed by atoms with van der Waals surface area (Å²) in [7, 11) is 0. The summed E-state index contributed by atoms with van der Waals surface area (Å²) in [5, 5.41) is 3.73. The lowest BCUT2D eigenvalue weighted by molar-refractivity contribution is -0.118. The minimum Gasteiger partial charge on any atom is -0.484 e. The van der Waals surface area contributed by atoms with Gasteiger partial charge in [0.25, 0.3) is 5.91 Å². The Kier molecular flexibility index (Phi) is 6.27. The molecule has 0 radical (unpaired) electrons. The lowest BCUT2D eigenvalue weighted by atomic mass is 10.0. The van der Waals surface area contributed by atoms with Gasteiger partial charge in [0.05, 0.1) is 0 Å². The summed E-state index contributed by atoms with van der Waals surface area (Å²) in [5.74, 6) is 0.500. The molecule has 0 bridgehead atoms. The van der Waals surface area contributed by atoms with E-state index in [4.69, 9.17) is 16.3 Å². The molecule has 24 heavy (non-hydrogen) atoms. The quantitative estimate of drug-likeness (QED) is 0.791. The molecule has 3 nitrogen and oxygen atoms in total. The number of halogens is 1. The zero-order chi connectivity index (χ0) is 17.7. The smallest absolute Gasteiger partial charge is 0.262 e. The van der Waals surface area contributed by atoms with Gasteiger partial charge in [-0.2, -0.15) is 0 Å². The third kappa shape index (κ3) is 4.30. The van der Waals surface area contributed by atoms with Gasteiger partial charge in [-0.1, -0.05) is 43.6 Å². The molecule has 4 heteroatoms. The molecule has 0 saturated carbocycles. The van der Waals surface area contributed by atoms with Crippen LogP contribution in [0.15, 0.2) is 30.3 Å². The number of hydrogen-bond donors (Lipinski definition) is 1. The molecule has 1 N–H and O–H groups in total. The molecule has 0 unspecified atom stereocenters. The molecule has 128 valence electrons. The van der Waals surface area contributed by atoms with Gasteiger partial charge in [-0.25, -0.2) is 0 Å². The highest BCUT2D eigenvalue weighted by Crippen LogP contribution is 2.26. The highest BCUT2D eigenvalue weighted by molar-refractivity contribution is 6.32. The van der Waals surface area contributed by atoms with Gasteiger partial charge in [-0.3, -0.25) is 4.79 Å². The topological polar surface area (TPSA) is 38.3 Å². The average molecular weight is 346 g/mol. The highest BCUT2D eigenvalue weighted by Gasteiger charge is 2.11. The lowest BCUT2D eigenvalue weighted by Crippen LogP contribution is -2.21. The summed E-state index contributed by atoms with van der Waals surface area (Å²) < 4.78 is 5.63. The Hall–Kier alpha value is -2.00. The lowest BCUT2D eigenvalue weighted by Gasteiger charge is -2.15. The van der Waals surface area contributed by atoms with Crippen molar-refractivity contribution < 1.29 is 9.53 Å². The monoisotopic (exact) mass is 345 g/mol. The van der Waals surface area contributed by atoms with E-state index in [9.17, 15) is 4.79 Å². The molecule has 0 atom stereocenters. The van der Waals surface area contributed by atoms with Crippen LogP contribution in [-0.4, -0.2) is 12.5 Å². The first-order valence-electron chi connectivity index (χ1n) is 8.26. The molecule has 2 aromatic carbocycles. The SMILES string of the molecule is CCc1cccc(CC)c1NC(=O)COc1cc(C)c(Cl)c(C)c1. The summed E-state index contributed by atoms with van der Waals surface area (Å²) in [6, 6.07) is 9.81. The zero-order valence-electron chi connectivity index (χ0n) is 14.7. The van der Waals surface area contributed by atoms with E-state index in [0.717, 1.165) is 45.8 Å². The number of nitrogens with one attached hydrogen (secondary N) is 1. The molecule has 0 heterocycles. The number of carbonyl (C=O) groups excluding carboxylic acids is 1. The maximum Gasteiger partial charge on any atom is 0.262 e. The molecular weight excluding hydrogens is 322 g/mol. The Morgan fingerprint density at radius 2 is 1.62 bits per heavy atom. The van der Waals surface area contributed by atoms with Gasteiger partial charge in [-0.15, -0.1) is 0 Å². The van der Waals surface area contributed by atoms with E-state index in [0.29, 0.717) is 5.75 Å². The second kappa shape index (κ2) is 8.20.